The van der Waals surface area contributed by atoms with E-state index in [0.717, 1.165) is 16.3 Å². The van der Waals surface area contributed by atoms with Crippen molar-refractivity contribution in [3.8, 4) is 5.69 Å². The molecule has 0 saturated carbocycles. The van der Waals surface area contributed by atoms with E-state index in [1.807, 2.05) is 66.9 Å². The number of H-pyrrole nitrogens is 1. The first-order chi connectivity index (χ1) is 19.4. The van der Waals surface area contributed by atoms with Crippen molar-refractivity contribution in [3.63, 3.8) is 0 Å². The largest absolute Gasteiger partial charge is 0.382 e. The fourth-order valence-corrected chi connectivity index (χ4v) is 5.25. The molecule has 0 bridgehead atoms. The number of nitrogens with one attached hydrogen (secondary N) is 2. The first-order valence-corrected chi connectivity index (χ1v) is 13.4. The smallest absolute Gasteiger partial charge is 0.362 e. The number of nitrogen functional groups attached to an aromatic ring is 1. The number of aryl methyl sites for hydroxylation is 1. The zero-order chi connectivity index (χ0) is 27.8. The van der Waals surface area contributed by atoms with Gasteiger partial charge in [-0.1, -0.05) is 36.4 Å². The van der Waals surface area contributed by atoms with E-state index in [1.165, 1.54) is 0 Å². The molecule has 1 amide bonds. The highest BCUT2D eigenvalue weighted by molar-refractivity contribution is 7.09. The van der Waals surface area contributed by atoms with E-state index in [9.17, 15) is 9.59 Å². The topological polar surface area (TPSA) is 136 Å². The van der Waals surface area contributed by atoms with E-state index in [0.29, 0.717) is 28.1 Å². The lowest BCUT2D eigenvalue weighted by Gasteiger charge is -2.20. The number of nitrogens with zero attached hydrogens (tertiary/aromatic N) is 5. The SMILES string of the molecule is Cc1nc(C=Cc2cccc3nc(C(C)NC(=O)c4c(N)[nH][n+]5cccnc45)n(-c4ccccc4)c(=O)c23)cs1. The summed E-state index contributed by atoms with van der Waals surface area (Å²) in [6, 6.07) is 15.9. The first-order valence-electron chi connectivity index (χ1n) is 12.6. The number of para-hydroxylation sites is 1. The van der Waals surface area contributed by atoms with Crippen LogP contribution in [0.2, 0.25) is 0 Å². The lowest BCUT2D eigenvalue weighted by Crippen LogP contribution is -2.34. The Morgan fingerprint density at radius 2 is 1.95 bits per heavy atom. The molecule has 0 spiro atoms. The van der Waals surface area contributed by atoms with Crippen molar-refractivity contribution < 1.29 is 9.31 Å². The van der Waals surface area contributed by atoms with Crippen LogP contribution in [0.15, 0.2) is 77.2 Å². The Kier molecular flexibility index (Phi) is 6.40. The van der Waals surface area contributed by atoms with E-state index in [-0.39, 0.29) is 16.9 Å². The van der Waals surface area contributed by atoms with Gasteiger partial charge in [0, 0.05) is 11.4 Å². The summed E-state index contributed by atoms with van der Waals surface area (Å²) < 4.78 is 3.12. The Hall–Kier alpha value is -5.16. The summed E-state index contributed by atoms with van der Waals surface area (Å²) in [6.07, 6.45) is 7.07. The monoisotopic (exact) mass is 549 g/mol. The molecule has 0 aliphatic rings. The second-order valence-electron chi connectivity index (χ2n) is 9.22. The number of amides is 1. The number of carbonyl (C=O) groups excluding carboxylic acids is 1. The Morgan fingerprint density at radius 1 is 1.12 bits per heavy atom. The molecular formula is C29H25N8O2S+. The second kappa shape index (κ2) is 10.2. The van der Waals surface area contributed by atoms with Gasteiger partial charge >= 0.3 is 5.65 Å². The molecule has 1 atom stereocenters. The molecule has 4 heterocycles. The van der Waals surface area contributed by atoms with Crippen molar-refractivity contribution in [2.75, 3.05) is 5.73 Å². The number of nitrogens with two attached hydrogens (primary N) is 1. The highest BCUT2D eigenvalue weighted by Gasteiger charge is 2.27. The van der Waals surface area contributed by atoms with Crippen molar-refractivity contribution in [3.05, 3.63) is 110 Å². The predicted molar refractivity (Wildman–Crippen MR) is 155 cm³/mol. The summed E-state index contributed by atoms with van der Waals surface area (Å²) in [4.78, 5) is 41.2. The van der Waals surface area contributed by atoms with Gasteiger partial charge in [0.1, 0.15) is 18.2 Å². The number of hydrogen-bond donors (Lipinski definition) is 3. The minimum atomic E-state index is -0.653. The zero-order valence-electron chi connectivity index (χ0n) is 21.7. The maximum Gasteiger partial charge on any atom is 0.362 e. The number of aromatic nitrogens is 6. The average Bonchev–Trinajstić information content (AvgIpc) is 3.53. The summed E-state index contributed by atoms with van der Waals surface area (Å²) in [7, 11) is 0. The van der Waals surface area contributed by atoms with Crippen LogP contribution >= 0.6 is 11.3 Å². The number of anilines is 1. The second-order valence-corrected chi connectivity index (χ2v) is 10.3. The van der Waals surface area contributed by atoms with Crippen molar-refractivity contribution in [2.45, 2.75) is 19.9 Å². The van der Waals surface area contributed by atoms with Crippen LogP contribution in [0.5, 0.6) is 0 Å². The average molecular weight is 550 g/mol. The van der Waals surface area contributed by atoms with Gasteiger partial charge in [-0.15, -0.1) is 15.9 Å². The molecule has 40 heavy (non-hydrogen) atoms. The van der Waals surface area contributed by atoms with Crippen LogP contribution in [0.4, 0.5) is 5.82 Å². The third-order valence-electron chi connectivity index (χ3n) is 6.48. The molecule has 0 saturated heterocycles. The van der Waals surface area contributed by atoms with Crippen molar-refractivity contribution >= 4 is 51.8 Å². The molecule has 6 aromatic rings. The van der Waals surface area contributed by atoms with E-state index in [1.54, 1.807) is 51.9 Å². The van der Waals surface area contributed by atoms with Crippen molar-refractivity contribution in [1.29, 1.82) is 0 Å². The maximum atomic E-state index is 14.2. The van der Waals surface area contributed by atoms with Crippen LogP contribution in [0, 0.1) is 6.92 Å². The van der Waals surface area contributed by atoms with Crippen LogP contribution < -0.4 is 21.1 Å². The highest BCUT2D eigenvalue weighted by Crippen LogP contribution is 2.23. The van der Waals surface area contributed by atoms with Gasteiger partial charge in [0.05, 0.1) is 33.3 Å². The Morgan fingerprint density at radius 3 is 2.73 bits per heavy atom. The molecule has 0 aliphatic carbocycles. The Bertz CT molecular complexity index is 1970. The molecule has 11 heteroatoms. The highest BCUT2D eigenvalue weighted by atomic mass is 32.1. The summed E-state index contributed by atoms with van der Waals surface area (Å²) in [6.45, 7) is 3.73. The molecule has 6 rings (SSSR count). The van der Waals surface area contributed by atoms with Crippen LogP contribution in [0.3, 0.4) is 0 Å². The molecule has 0 radical (unpaired) electrons. The zero-order valence-corrected chi connectivity index (χ0v) is 22.5. The quantitative estimate of drug-likeness (QED) is 0.270. The van der Waals surface area contributed by atoms with E-state index >= 15 is 0 Å². The number of fused-ring (bicyclic) bond motifs is 2. The molecule has 4 aromatic heterocycles. The number of rotatable bonds is 6. The van der Waals surface area contributed by atoms with E-state index in [4.69, 9.17) is 10.7 Å². The molecule has 0 fully saturated rings. The lowest BCUT2D eigenvalue weighted by molar-refractivity contribution is -0.577. The fraction of sp³-hybridized carbons (Fsp3) is 0.103. The molecule has 198 valence electrons. The summed E-state index contributed by atoms with van der Waals surface area (Å²) in [5.41, 5.74) is 9.19. The Labute approximate surface area is 232 Å². The van der Waals surface area contributed by atoms with Gasteiger partial charge < -0.3 is 11.1 Å². The standard InChI is InChI=1S/C29H24N8O2S/c1-17(32-28(38)24-25(30)35-36-15-7-14-31-27(24)36)26-34-22-11-6-8-19(12-13-20-16-40-18(2)33-20)23(22)29(39)37(26)21-9-4-3-5-10-21/h3-17H,1-2H3,(H3,30,32,35,38)/p+1. The van der Waals surface area contributed by atoms with Gasteiger partial charge in [-0.25, -0.2) is 15.1 Å². The van der Waals surface area contributed by atoms with Gasteiger partial charge in [-0.05, 0) is 48.7 Å². The summed E-state index contributed by atoms with van der Waals surface area (Å²) >= 11 is 1.57. The normalized spacial score (nSPS) is 12.3. The third kappa shape index (κ3) is 4.52. The maximum absolute atomic E-state index is 14.2. The third-order valence-corrected chi connectivity index (χ3v) is 7.27. The van der Waals surface area contributed by atoms with Crippen LogP contribution in [0.25, 0.3) is 34.4 Å². The van der Waals surface area contributed by atoms with Crippen molar-refractivity contribution in [1.82, 2.24) is 29.9 Å². The lowest BCUT2D eigenvalue weighted by atomic mass is 10.1. The van der Waals surface area contributed by atoms with Gasteiger partial charge in [-0.2, -0.15) is 0 Å². The first kappa shape index (κ1) is 25.1. The van der Waals surface area contributed by atoms with Gasteiger partial charge in [0.25, 0.3) is 11.5 Å². The molecular weight excluding hydrogens is 524 g/mol. The van der Waals surface area contributed by atoms with Crippen LogP contribution in [-0.2, 0) is 0 Å². The fourth-order valence-electron chi connectivity index (χ4n) is 4.67. The summed E-state index contributed by atoms with van der Waals surface area (Å²) in [5.74, 6) is 0.126. The predicted octanol–water partition coefficient (Wildman–Crippen LogP) is 3.86. The number of carbonyl (C=O) groups is 1. The van der Waals surface area contributed by atoms with Crippen LogP contribution in [-0.4, -0.2) is 30.5 Å². The molecule has 10 nitrogen and oxygen atoms in total. The van der Waals surface area contributed by atoms with E-state index in [2.05, 4.69) is 20.4 Å². The molecule has 1 unspecified atom stereocenters. The number of hydrogen-bond acceptors (Lipinski definition) is 7. The molecule has 2 aromatic carbocycles. The van der Waals surface area contributed by atoms with Gasteiger partial charge in [0.15, 0.2) is 11.4 Å². The number of thiazole rings is 1. The number of aromatic amines is 1. The molecule has 4 N–H and O–H groups in total. The summed E-state index contributed by atoms with van der Waals surface area (Å²) in [5, 5.41) is 9.28. The minimum absolute atomic E-state index is 0.182. The van der Waals surface area contributed by atoms with Gasteiger partial charge in [0.2, 0.25) is 0 Å². The van der Waals surface area contributed by atoms with Gasteiger partial charge in [-0.3, -0.25) is 14.2 Å². The number of benzene rings is 2. The van der Waals surface area contributed by atoms with Crippen LogP contribution in [0.1, 0.15) is 45.4 Å². The molecule has 0 aliphatic heterocycles. The van der Waals surface area contributed by atoms with E-state index < -0.39 is 11.9 Å². The van der Waals surface area contributed by atoms with Crippen molar-refractivity contribution in [2.24, 2.45) is 0 Å². The minimum Gasteiger partial charge on any atom is -0.382 e. The Balaban J connectivity index is 1.46.